The molecule has 0 amide bonds. The Hall–Kier alpha value is -5.75. The molecule has 0 radical (unpaired) electrons. The zero-order valence-corrected chi connectivity index (χ0v) is 43.5. The number of hydrogen-bond donors (Lipinski definition) is 0. The van der Waals surface area contributed by atoms with E-state index < -0.39 is 0 Å². The fraction of sp³-hybridized carbons (Fsp3) is 0.258. The van der Waals surface area contributed by atoms with Gasteiger partial charge in [0.25, 0.3) is 6.71 Å². The lowest BCUT2D eigenvalue weighted by Gasteiger charge is -2.55. The van der Waals surface area contributed by atoms with Crippen LogP contribution in [0.3, 0.4) is 0 Å². The summed E-state index contributed by atoms with van der Waals surface area (Å²) < 4.78 is 2.74. The monoisotopic (exact) mass is 924 g/mol. The van der Waals surface area contributed by atoms with Crippen molar-refractivity contribution in [3.05, 3.63) is 138 Å². The average Bonchev–Trinajstić information content (AvgIpc) is 3.89. The van der Waals surface area contributed by atoms with Gasteiger partial charge in [-0.15, -0.1) is 22.7 Å². The van der Waals surface area contributed by atoms with Gasteiger partial charge >= 0.3 is 13.7 Å². The van der Waals surface area contributed by atoms with Gasteiger partial charge in [-0.05, 0) is 134 Å². The van der Waals surface area contributed by atoms with Crippen LogP contribution in [-0.4, -0.2) is 20.4 Å². The van der Waals surface area contributed by atoms with Crippen molar-refractivity contribution in [3.63, 3.8) is 0 Å². The van der Waals surface area contributed by atoms with Gasteiger partial charge in [0.15, 0.2) is 0 Å². The van der Waals surface area contributed by atoms with E-state index in [4.69, 9.17) is 0 Å². The first-order chi connectivity index (χ1) is 32.8. The third-order valence-corrected chi connectivity index (χ3v) is 19.5. The van der Waals surface area contributed by atoms with Gasteiger partial charge in [0.1, 0.15) is 0 Å². The molecular formula is C62H55B3N2S2. The Morgan fingerprint density at radius 3 is 1.14 bits per heavy atom. The van der Waals surface area contributed by atoms with Crippen LogP contribution in [0.15, 0.2) is 115 Å². The molecule has 0 saturated carbocycles. The Morgan fingerprint density at radius 1 is 0.348 bits per heavy atom. The molecule has 8 heterocycles. The van der Waals surface area contributed by atoms with E-state index in [1.165, 1.54) is 147 Å². The molecular weight excluding hydrogens is 869 g/mol. The van der Waals surface area contributed by atoms with Crippen LogP contribution in [0.4, 0.5) is 22.7 Å². The molecule has 9 aromatic rings. The van der Waals surface area contributed by atoms with Crippen LogP contribution in [0, 0.1) is 0 Å². The smallest absolute Gasteiger partial charge is 0.330 e. The normalized spacial score (nSPS) is 15.4. The number of fused-ring (bicyclic) bond motifs is 18. The van der Waals surface area contributed by atoms with Crippen LogP contribution in [0.5, 0.6) is 0 Å². The third-order valence-electron chi connectivity index (χ3n) is 17.0. The quantitative estimate of drug-likeness (QED) is 0.140. The fourth-order valence-electron chi connectivity index (χ4n) is 13.5. The maximum absolute atomic E-state index is 2.90. The molecule has 0 N–H and O–H groups in total. The van der Waals surface area contributed by atoms with Crippen LogP contribution in [0.2, 0.25) is 0 Å². The SMILES string of the molecule is CC(C)(C)c1ccc2c(c1)B1c3c(sc4ccccc34)-c3cc4c5c6c3N1c1c(cc(C(C)(C)C)cc1-2)B6c1cc(C(C)(C)C)cc2c1N5B(c1cc(C(C)(C)C)ccc1-2)c1c-4sc2ccccc12. The van der Waals surface area contributed by atoms with E-state index in [1.807, 2.05) is 22.7 Å². The Bertz CT molecular complexity index is 3630. The van der Waals surface area contributed by atoms with E-state index in [1.54, 1.807) is 0 Å². The van der Waals surface area contributed by atoms with E-state index in [2.05, 4.69) is 208 Å². The standard InChI is InChI=1S/C62H55B3N2S2/c1-59(2,3)32-21-23-36-40-25-34(61(7,8)9)29-46-53(40)66-55-42(57-50(64(66)44(36)27-32)38-17-13-15-19-48(38)68-57)31-43-56-52(55)63(46)47-30-35(62(10,11)12)26-41-37-24-22-33(60(4,5)6)28-45(37)65(67(56)54(41)47)51-39-18-14-16-20-49(39)69-58(43)51/h13-31H,1-12H3. The predicted octanol–water partition coefficient (Wildman–Crippen LogP) is 12.3. The zero-order chi connectivity index (χ0) is 47.3. The van der Waals surface area contributed by atoms with Gasteiger partial charge in [-0.25, -0.2) is 0 Å². The Morgan fingerprint density at radius 2 is 0.739 bits per heavy atom. The molecule has 15 rings (SSSR count). The van der Waals surface area contributed by atoms with Crippen molar-refractivity contribution in [1.29, 1.82) is 0 Å². The van der Waals surface area contributed by atoms with E-state index in [-0.39, 0.29) is 42.1 Å². The van der Waals surface area contributed by atoms with Crippen LogP contribution < -0.4 is 47.9 Å². The van der Waals surface area contributed by atoms with Crippen molar-refractivity contribution in [2.24, 2.45) is 0 Å². The van der Waals surface area contributed by atoms with Crippen molar-refractivity contribution in [3.8, 4) is 43.1 Å². The Kier molecular flexibility index (Phi) is 7.60. The van der Waals surface area contributed by atoms with Crippen molar-refractivity contribution in [2.75, 3.05) is 9.62 Å². The first-order valence-electron chi connectivity index (χ1n) is 25.3. The average molecular weight is 925 g/mol. The molecule has 0 aliphatic carbocycles. The highest BCUT2D eigenvalue weighted by Gasteiger charge is 2.58. The summed E-state index contributed by atoms with van der Waals surface area (Å²) in [5.74, 6) is 0. The highest BCUT2D eigenvalue weighted by molar-refractivity contribution is 7.26. The van der Waals surface area contributed by atoms with Crippen LogP contribution in [-0.2, 0) is 21.7 Å². The minimum Gasteiger partial charge on any atom is -0.377 e. The summed E-state index contributed by atoms with van der Waals surface area (Å²) in [6, 6.07) is 46.9. The second-order valence-corrected chi connectivity index (χ2v) is 27.4. The molecule has 7 aromatic carbocycles. The molecule has 2 nitrogen and oxygen atoms in total. The van der Waals surface area contributed by atoms with Gasteiger partial charge in [0, 0.05) is 64.2 Å². The predicted molar refractivity (Wildman–Crippen MR) is 306 cm³/mol. The lowest BCUT2D eigenvalue weighted by molar-refractivity contribution is 0.590. The molecule has 6 aliphatic rings. The first-order valence-corrected chi connectivity index (χ1v) is 26.9. The molecule has 69 heavy (non-hydrogen) atoms. The number of benzene rings is 7. The lowest BCUT2D eigenvalue weighted by Crippen LogP contribution is -2.72. The van der Waals surface area contributed by atoms with Gasteiger partial charge in [0.05, 0.1) is 0 Å². The Balaban J connectivity index is 1.19. The summed E-state index contributed by atoms with van der Waals surface area (Å²) in [6.07, 6.45) is 0. The van der Waals surface area contributed by atoms with Crippen molar-refractivity contribution in [1.82, 2.24) is 0 Å². The topological polar surface area (TPSA) is 6.48 Å². The molecule has 7 heteroatoms. The van der Waals surface area contributed by atoms with Crippen molar-refractivity contribution in [2.45, 2.75) is 105 Å². The van der Waals surface area contributed by atoms with E-state index in [0.29, 0.717) is 0 Å². The fourth-order valence-corrected chi connectivity index (χ4v) is 16.0. The summed E-state index contributed by atoms with van der Waals surface area (Å²) in [5, 5.41) is 2.78. The zero-order valence-electron chi connectivity index (χ0n) is 41.9. The molecule has 0 saturated heterocycles. The summed E-state index contributed by atoms with van der Waals surface area (Å²) in [7, 11) is 0. The minimum absolute atomic E-state index is 0.00153. The molecule has 0 unspecified atom stereocenters. The summed E-state index contributed by atoms with van der Waals surface area (Å²) in [5.41, 5.74) is 29.7. The van der Waals surface area contributed by atoms with Crippen molar-refractivity contribution < 1.29 is 0 Å². The molecule has 0 bridgehead atoms. The number of rotatable bonds is 0. The third kappa shape index (κ3) is 5.11. The molecule has 334 valence electrons. The van der Waals surface area contributed by atoms with Gasteiger partial charge < -0.3 is 9.62 Å². The van der Waals surface area contributed by atoms with Crippen LogP contribution >= 0.6 is 22.7 Å². The number of thiophene rings is 2. The largest absolute Gasteiger partial charge is 0.377 e. The lowest BCUT2D eigenvalue weighted by atomic mass is 9.28. The maximum atomic E-state index is 2.90. The molecule has 0 atom stereocenters. The highest BCUT2D eigenvalue weighted by atomic mass is 32.1. The second-order valence-electron chi connectivity index (χ2n) is 25.3. The van der Waals surface area contributed by atoms with E-state index in [9.17, 15) is 0 Å². The van der Waals surface area contributed by atoms with Gasteiger partial charge in [-0.1, -0.05) is 168 Å². The second kappa shape index (κ2) is 12.8. The van der Waals surface area contributed by atoms with Crippen LogP contribution in [0.1, 0.15) is 105 Å². The summed E-state index contributed by atoms with van der Waals surface area (Å²) in [4.78, 5) is 8.68. The molecule has 6 aliphatic heterocycles. The van der Waals surface area contributed by atoms with Crippen LogP contribution in [0.25, 0.3) is 63.3 Å². The van der Waals surface area contributed by atoms with E-state index in [0.717, 1.165) is 0 Å². The molecule has 2 aromatic heterocycles. The highest BCUT2D eigenvalue weighted by Crippen LogP contribution is 2.58. The molecule has 0 spiro atoms. The van der Waals surface area contributed by atoms with Gasteiger partial charge in [-0.2, -0.15) is 0 Å². The first kappa shape index (κ1) is 41.1. The summed E-state index contributed by atoms with van der Waals surface area (Å²) in [6.45, 7) is 28.8. The van der Waals surface area contributed by atoms with Gasteiger partial charge in [-0.3, -0.25) is 0 Å². The number of hydrogen-bond acceptors (Lipinski definition) is 4. The Labute approximate surface area is 416 Å². The van der Waals surface area contributed by atoms with E-state index >= 15 is 0 Å². The number of nitrogens with zero attached hydrogens (tertiary/aromatic N) is 2. The molecule has 0 fully saturated rings. The summed E-state index contributed by atoms with van der Waals surface area (Å²) >= 11 is 4.04. The maximum Gasteiger partial charge on any atom is 0.330 e. The van der Waals surface area contributed by atoms with Crippen molar-refractivity contribution >= 4 is 124 Å². The number of anilines is 4. The van der Waals surface area contributed by atoms with Gasteiger partial charge in [0.2, 0.25) is 0 Å². The minimum atomic E-state index is -0.0672.